The third-order valence-electron chi connectivity index (χ3n) is 3.98. The lowest BCUT2D eigenvalue weighted by molar-refractivity contribution is 0.356. The minimum absolute atomic E-state index is 0.916. The lowest BCUT2D eigenvalue weighted by Gasteiger charge is -2.26. The molecule has 0 aliphatic carbocycles. The number of rotatable bonds is 4. The number of benzene rings is 1. The number of aryl methyl sites for hydroxylation is 2. The molecule has 1 saturated heterocycles. The van der Waals surface area contributed by atoms with Gasteiger partial charge >= 0.3 is 0 Å². The first-order chi connectivity index (χ1) is 8.65. The Morgan fingerprint density at radius 1 is 1.11 bits per heavy atom. The molecule has 0 unspecified atom stereocenters. The fraction of sp³-hybridized carbons (Fsp3) is 0.625. The first-order valence-corrected chi connectivity index (χ1v) is 7.15. The number of hydrogen-bond donors (Lipinski definition) is 1. The third kappa shape index (κ3) is 3.74. The van der Waals surface area contributed by atoms with Crippen LogP contribution in [0, 0.1) is 19.8 Å². The smallest absolute Gasteiger partial charge is 0.0368 e. The summed E-state index contributed by atoms with van der Waals surface area (Å²) in [6, 6.07) is 6.81. The summed E-state index contributed by atoms with van der Waals surface area (Å²) in [6.45, 7) is 7.94. The van der Waals surface area contributed by atoms with Crippen molar-refractivity contribution in [2.45, 2.75) is 33.1 Å². The van der Waals surface area contributed by atoms with Crippen molar-refractivity contribution >= 4 is 5.69 Å². The van der Waals surface area contributed by atoms with Crippen molar-refractivity contribution in [2.24, 2.45) is 5.92 Å². The van der Waals surface area contributed by atoms with Crippen molar-refractivity contribution < 1.29 is 0 Å². The Kier molecular flexibility index (Phi) is 4.65. The average molecular weight is 246 g/mol. The molecule has 1 aromatic rings. The van der Waals surface area contributed by atoms with Gasteiger partial charge in [0.1, 0.15) is 0 Å². The van der Waals surface area contributed by atoms with Gasteiger partial charge in [-0.2, -0.15) is 0 Å². The molecule has 1 N–H and O–H groups in total. The zero-order valence-electron chi connectivity index (χ0n) is 12.0. The Hall–Kier alpha value is -1.02. The van der Waals surface area contributed by atoms with E-state index in [9.17, 15) is 0 Å². The molecule has 1 aliphatic heterocycles. The summed E-state index contributed by atoms with van der Waals surface area (Å²) in [6.07, 6.45) is 4.02. The topological polar surface area (TPSA) is 15.3 Å². The van der Waals surface area contributed by atoms with Gasteiger partial charge in [-0.05, 0) is 75.4 Å². The predicted molar refractivity (Wildman–Crippen MR) is 79.4 cm³/mol. The second-order valence-corrected chi connectivity index (χ2v) is 5.75. The molecule has 100 valence electrons. The molecule has 1 fully saturated rings. The molecule has 0 radical (unpaired) electrons. The summed E-state index contributed by atoms with van der Waals surface area (Å²) >= 11 is 0. The van der Waals surface area contributed by atoms with E-state index in [0.717, 1.165) is 5.92 Å². The molecule has 0 spiro atoms. The monoisotopic (exact) mass is 246 g/mol. The molecule has 2 rings (SSSR count). The summed E-state index contributed by atoms with van der Waals surface area (Å²) in [4.78, 5) is 2.40. The van der Waals surface area contributed by atoms with Crippen LogP contribution >= 0.6 is 0 Å². The number of anilines is 1. The van der Waals surface area contributed by atoms with E-state index in [-0.39, 0.29) is 0 Å². The third-order valence-corrected chi connectivity index (χ3v) is 3.98. The first kappa shape index (κ1) is 13.4. The van der Waals surface area contributed by atoms with Crippen LogP contribution in [0.15, 0.2) is 18.2 Å². The summed E-state index contributed by atoms with van der Waals surface area (Å²) < 4.78 is 0. The maximum Gasteiger partial charge on any atom is 0.0368 e. The molecule has 0 bridgehead atoms. The van der Waals surface area contributed by atoms with Crippen LogP contribution in [0.3, 0.4) is 0 Å². The molecule has 2 nitrogen and oxygen atoms in total. The van der Waals surface area contributed by atoms with Crippen LogP contribution in [-0.2, 0) is 0 Å². The summed E-state index contributed by atoms with van der Waals surface area (Å²) in [5.74, 6) is 0.916. The summed E-state index contributed by atoms with van der Waals surface area (Å²) in [5.41, 5.74) is 4.08. The second-order valence-electron chi connectivity index (χ2n) is 5.75. The van der Waals surface area contributed by atoms with Gasteiger partial charge in [-0.3, -0.25) is 0 Å². The Morgan fingerprint density at radius 2 is 1.72 bits per heavy atom. The fourth-order valence-electron chi connectivity index (χ4n) is 2.85. The van der Waals surface area contributed by atoms with Crippen molar-refractivity contribution in [1.82, 2.24) is 5.32 Å². The van der Waals surface area contributed by atoms with Crippen molar-refractivity contribution in [2.75, 3.05) is 31.6 Å². The normalized spacial score (nSPS) is 16.8. The zero-order chi connectivity index (χ0) is 13.0. The Labute approximate surface area is 111 Å². The highest BCUT2D eigenvalue weighted by atomic mass is 15.1. The average Bonchev–Trinajstić information content (AvgIpc) is 2.36. The van der Waals surface area contributed by atoms with Crippen molar-refractivity contribution in [3.8, 4) is 0 Å². The molecule has 18 heavy (non-hydrogen) atoms. The lowest BCUT2D eigenvalue weighted by Crippen LogP contribution is -2.30. The van der Waals surface area contributed by atoms with Gasteiger partial charge in [0.25, 0.3) is 0 Å². The van der Waals surface area contributed by atoms with Crippen molar-refractivity contribution in [3.05, 3.63) is 29.3 Å². The Morgan fingerprint density at radius 3 is 2.33 bits per heavy atom. The SMILES string of the molecule is Cc1cc(C)cc(N(C)CCC2CCNCC2)c1. The van der Waals surface area contributed by atoms with Crippen LogP contribution < -0.4 is 10.2 Å². The molecule has 1 heterocycles. The molecular formula is C16H26N2. The van der Waals surface area contributed by atoms with Crippen molar-refractivity contribution in [3.63, 3.8) is 0 Å². The highest BCUT2D eigenvalue weighted by Gasteiger charge is 2.13. The van der Waals surface area contributed by atoms with Crippen molar-refractivity contribution in [1.29, 1.82) is 0 Å². The lowest BCUT2D eigenvalue weighted by atomic mass is 9.94. The number of piperidine rings is 1. The zero-order valence-corrected chi connectivity index (χ0v) is 12.0. The van der Waals surface area contributed by atoms with Gasteiger partial charge in [0, 0.05) is 19.3 Å². The van der Waals surface area contributed by atoms with E-state index in [4.69, 9.17) is 0 Å². The Balaban J connectivity index is 1.88. The van der Waals surface area contributed by atoms with Crippen LogP contribution in [0.5, 0.6) is 0 Å². The van der Waals surface area contributed by atoms with Gasteiger partial charge in [0.15, 0.2) is 0 Å². The molecule has 1 aromatic carbocycles. The van der Waals surface area contributed by atoms with Gasteiger partial charge in [0.05, 0.1) is 0 Å². The molecule has 0 saturated carbocycles. The van der Waals surface area contributed by atoms with Crippen LogP contribution in [0.1, 0.15) is 30.4 Å². The van der Waals surface area contributed by atoms with Gasteiger partial charge in [-0.15, -0.1) is 0 Å². The van der Waals surface area contributed by atoms with Crippen LogP contribution in [0.2, 0.25) is 0 Å². The van der Waals surface area contributed by atoms with E-state index in [1.807, 2.05) is 0 Å². The minimum atomic E-state index is 0.916. The van der Waals surface area contributed by atoms with Crippen LogP contribution in [-0.4, -0.2) is 26.7 Å². The van der Waals surface area contributed by atoms with E-state index in [1.54, 1.807) is 0 Å². The first-order valence-electron chi connectivity index (χ1n) is 7.15. The standard InChI is InChI=1S/C16H26N2/c1-13-10-14(2)12-16(11-13)18(3)9-6-15-4-7-17-8-5-15/h10-12,15,17H,4-9H2,1-3H3. The van der Waals surface area contributed by atoms with Gasteiger partial charge in [-0.1, -0.05) is 6.07 Å². The van der Waals surface area contributed by atoms with E-state index >= 15 is 0 Å². The fourth-order valence-corrected chi connectivity index (χ4v) is 2.85. The number of nitrogens with zero attached hydrogens (tertiary/aromatic N) is 1. The van der Waals surface area contributed by atoms with E-state index in [1.165, 1.54) is 55.7 Å². The van der Waals surface area contributed by atoms with E-state index in [2.05, 4.69) is 49.3 Å². The minimum Gasteiger partial charge on any atom is -0.375 e. The highest BCUT2D eigenvalue weighted by Crippen LogP contribution is 2.21. The van der Waals surface area contributed by atoms with Gasteiger partial charge in [0.2, 0.25) is 0 Å². The number of hydrogen-bond acceptors (Lipinski definition) is 2. The molecular weight excluding hydrogens is 220 g/mol. The van der Waals surface area contributed by atoms with Crippen LogP contribution in [0.25, 0.3) is 0 Å². The van der Waals surface area contributed by atoms with E-state index < -0.39 is 0 Å². The molecule has 0 atom stereocenters. The molecule has 0 aromatic heterocycles. The summed E-state index contributed by atoms with van der Waals surface area (Å²) in [7, 11) is 2.22. The maximum absolute atomic E-state index is 3.44. The molecule has 0 amide bonds. The van der Waals surface area contributed by atoms with Crippen LogP contribution in [0.4, 0.5) is 5.69 Å². The molecule has 2 heteroatoms. The quantitative estimate of drug-likeness (QED) is 0.878. The molecule has 1 aliphatic rings. The maximum atomic E-state index is 3.44. The summed E-state index contributed by atoms with van der Waals surface area (Å²) in [5, 5.41) is 3.44. The highest BCUT2D eigenvalue weighted by molar-refractivity contribution is 5.50. The van der Waals surface area contributed by atoms with E-state index in [0.29, 0.717) is 0 Å². The second kappa shape index (κ2) is 6.24. The largest absolute Gasteiger partial charge is 0.375 e. The number of nitrogens with one attached hydrogen (secondary N) is 1. The predicted octanol–water partition coefficient (Wildman–Crippen LogP) is 3.13. The Bertz CT molecular complexity index is 360. The van der Waals surface area contributed by atoms with Gasteiger partial charge in [-0.25, -0.2) is 0 Å². The van der Waals surface area contributed by atoms with Gasteiger partial charge < -0.3 is 10.2 Å².